The van der Waals surface area contributed by atoms with E-state index in [2.05, 4.69) is 172 Å². The lowest BCUT2D eigenvalue weighted by molar-refractivity contribution is 1.06. The minimum Gasteiger partial charge on any atom is -0.306 e. The smallest absolute Gasteiger partial charge is 0.145 e. The molecule has 0 N–H and O–H groups in total. The average molecular weight is 628 g/mol. The molecule has 0 saturated carbocycles. The highest BCUT2D eigenvalue weighted by Crippen LogP contribution is 2.49. The molecule has 1 aliphatic heterocycles. The Balaban J connectivity index is 1.13. The summed E-state index contributed by atoms with van der Waals surface area (Å²) in [6.45, 7) is 0. The van der Waals surface area contributed by atoms with Crippen molar-refractivity contribution in [2.45, 2.75) is 0 Å². The van der Waals surface area contributed by atoms with Gasteiger partial charge in [-0.1, -0.05) is 115 Å². The number of para-hydroxylation sites is 5. The van der Waals surface area contributed by atoms with Crippen molar-refractivity contribution in [2.75, 3.05) is 4.90 Å². The van der Waals surface area contributed by atoms with Crippen molar-refractivity contribution in [3.63, 3.8) is 0 Å². The standard InChI is InChI=1S/C44H29N5/c1-4-13-31(14-5-1)44-46-37-20-12-22-40-42(37)49(44)39-28-27-33(29-41(39)47(40)34-15-6-2-7-16-34)30-23-25-32(26-24-30)43-45-36-19-10-11-21-38(36)48(43)35-17-8-3-9-18-35/h1-29H. The summed E-state index contributed by atoms with van der Waals surface area (Å²) in [5.41, 5.74) is 14.1. The lowest BCUT2D eigenvalue weighted by Gasteiger charge is -2.33. The van der Waals surface area contributed by atoms with E-state index in [1.165, 1.54) is 0 Å². The van der Waals surface area contributed by atoms with Crippen LogP contribution in [-0.2, 0) is 0 Å². The number of benzene rings is 7. The van der Waals surface area contributed by atoms with Crippen LogP contribution < -0.4 is 4.90 Å². The monoisotopic (exact) mass is 627 g/mol. The van der Waals surface area contributed by atoms with Crippen molar-refractivity contribution < 1.29 is 0 Å². The van der Waals surface area contributed by atoms with Gasteiger partial charge in [-0.3, -0.25) is 9.13 Å². The molecule has 0 fully saturated rings. The Morgan fingerprint density at radius 3 is 1.69 bits per heavy atom. The van der Waals surface area contributed by atoms with Gasteiger partial charge >= 0.3 is 0 Å². The number of hydrogen-bond donors (Lipinski definition) is 0. The first-order valence-corrected chi connectivity index (χ1v) is 16.5. The van der Waals surface area contributed by atoms with Crippen LogP contribution in [0.5, 0.6) is 0 Å². The number of rotatable bonds is 5. The summed E-state index contributed by atoms with van der Waals surface area (Å²) in [7, 11) is 0. The number of anilines is 3. The van der Waals surface area contributed by atoms with E-state index in [9.17, 15) is 0 Å². The van der Waals surface area contributed by atoms with Crippen LogP contribution in [0, 0.1) is 0 Å². The Morgan fingerprint density at radius 2 is 0.918 bits per heavy atom. The zero-order valence-electron chi connectivity index (χ0n) is 26.5. The van der Waals surface area contributed by atoms with Gasteiger partial charge in [-0.25, -0.2) is 9.97 Å². The summed E-state index contributed by atoms with van der Waals surface area (Å²) < 4.78 is 4.57. The van der Waals surface area contributed by atoms with E-state index in [1.54, 1.807) is 0 Å². The summed E-state index contributed by atoms with van der Waals surface area (Å²) in [6, 6.07) is 61.8. The van der Waals surface area contributed by atoms with Crippen molar-refractivity contribution in [1.29, 1.82) is 0 Å². The van der Waals surface area contributed by atoms with Gasteiger partial charge in [0.1, 0.15) is 11.6 Å². The molecule has 0 spiro atoms. The molecule has 0 atom stereocenters. The SMILES string of the molecule is c1ccc(-c2nc3cccc4c3n2-c2ccc(-c3ccc(-c5nc6ccccc6n5-c5ccccc5)cc3)cc2N4c2ccccc2)cc1. The van der Waals surface area contributed by atoms with Gasteiger partial charge < -0.3 is 4.90 Å². The summed E-state index contributed by atoms with van der Waals surface area (Å²) in [6.07, 6.45) is 0. The molecule has 230 valence electrons. The van der Waals surface area contributed by atoms with E-state index in [0.717, 1.165) is 84.4 Å². The molecule has 5 nitrogen and oxygen atoms in total. The fourth-order valence-corrected chi connectivity index (χ4v) is 7.23. The largest absolute Gasteiger partial charge is 0.306 e. The molecule has 10 rings (SSSR count). The Hall–Kier alpha value is -6.72. The first kappa shape index (κ1) is 27.4. The Morgan fingerprint density at radius 1 is 0.347 bits per heavy atom. The van der Waals surface area contributed by atoms with Gasteiger partial charge in [0.15, 0.2) is 0 Å². The predicted molar refractivity (Wildman–Crippen MR) is 200 cm³/mol. The molecule has 0 aliphatic carbocycles. The van der Waals surface area contributed by atoms with Crippen molar-refractivity contribution in [2.24, 2.45) is 0 Å². The van der Waals surface area contributed by atoms with Gasteiger partial charge in [0.2, 0.25) is 0 Å². The molecule has 0 amide bonds. The molecule has 0 unspecified atom stereocenters. The van der Waals surface area contributed by atoms with Gasteiger partial charge in [0, 0.05) is 22.5 Å². The molecular formula is C44H29N5. The third-order valence-electron chi connectivity index (χ3n) is 9.45. The molecule has 9 aromatic rings. The number of imidazole rings is 2. The van der Waals surface area contributed by atoms with Crippen molar-refractivity contribution >= 4 is 39.1 Å². The summed E-state index contributed by atoms with van der Waals surface area (Å²) in [5, 5.41) is 0. The number of nitrogens with zero attached hydrogens (tertiary/aromatic N) is 5. The van der Waals surface area contributed by atoms with Crippen molar-refractivity contribution in [3.05, 3.63) is 176 Å². The highest BCUT2D eigenvalue weighted by atomic mass is 15.2. The fourth-order valence-electron chi connectivity index (χ4n) is 7.23. The minimum absolute atomic E-state index is 0.925. The highest BCUT2D eigenvalue weighted by Gasteiger charge is 2.29. The van der Waals surface area contributed by atoms with Crippen LogP contribution in [0.15, 0.2) is 176 Å². The molecular weight excluding hydrogens is 599 g/mol. The maximum absolute atomic E-state index is 5.17. The van der Waals surface area contributed by atoms with Crippen LogP contribution in [0.4, 0.5) is 17.1 Å². The lowest BCUT2D eigenvalue weighted by atomic mass is 10.00. The maximum atomic E-state index is 5.17. The number of aromatic nitrogens is 4. The van der Waals surface area contributed by atoms with Crippen LogP contribution in [-0.4, -0.2) is 19.1 Å². The van der Waals surface area contributed by atoms with Crippen molar-refractivity contribution in [1.82, 2.24) is 19.1 Å². The first-order valence-electron chi connectivity index (χ1n) is 16.5. The lowest BCUT2D eigenvalue weighted by Crippen LogP contribution is -2.18. The fraction of sp³-hybridized carbons (Fsp3) is 0. The van der Waals surface area contributed by atoms with E-state index in [1.807, 2.05) is 18.2 Å². The summed E-state index contributed by atoms with van der Waals surface area (Å²) in [5.74, 6) is 1.87. The van der Waals surface area contributed by atoms with Gasteiger partial charge in [-0.15, -0.1) is 0 Å². The molecule has 49 heavy (non-hydrogen) atoms. The minimum atomic E-state index is 0.925. The molecule has 5 heteroatoms. The van der Waals surface area contributed by atoms with Gasteiger partial charge in [0.05, 0.1) is 39.1 Å². The van der Waals surface area contributed by atoms with E-state index in [0.29, 0.717) is 0 Å². The highest BCUT2D eigenvalue weighted by molar-refractivity contribution is 6.03. The Bertz CT molecular complexity index is 2640. The maximum Gasteiger partial charge on any atom is 0.145 e. The second-order valence-corrected chi connectivity index (χ2v) is 12.3. The normalized spacial score (nSPS) is 12.0. The number of hydrogen-bond acceptors (Lipinski definition) is 3. The zero-order valence-corrected chi connectivity index (χ0v) is 26.5. The molecule has 3 heterocycles. The quantitative estimate of drug-likeness (QED) is 0.191. The van der Waals surface area contributed by atoms with Crippen LogP contribution >= 0.6 is 0 Å². The second-order valence-electron chi connectivity index (χ2n) is 12.3. The van der Waals surface area contributed by atoms with Gasteiger partial charge in [-0.2, -0.15) is 0 Å². The summed E-state index contributed by atoms with van der Waals surface area (Å²) in [4.78, 5) is 12.6. The van der Waals surface area contributed by atoms with Gasteiger partial charge in [-0.05, 0) is 71.8 Å². The second kappa shape index (κ2) is 10.9. The average Bonchev–Trinajstić information content (AvgIpc) is 3.76. The Kier molecular flexibility index (Phi) is 6.11. The molecule has 1 aliphatic rings. The van der Waals surface area contributed by atoms with E-state index < -0.39 is 0 Å². The third kappa shape index (κ3) is 4.33. The number of fused-ring (bicyclic) bond motifs is 3. The molecule has 7 aromatic carbocycles. The zero-order chi connectivity index (χ0) is 32.3. The van der Waals surface area contributed by atoms with Gasteiger partial charge in [0.25, 0.3) is 0 Å². The molecule has 2 aromatic heterocycles. The molecule has 0 radical (unpaired) electrons. The van der Waals surface area contributed by atoms with Crippen LogP contribution in [0.25, 0.3) is 67.3 Å². The van der Waals surface area contributed by atoms with Crippen LogP contribution in [0.1, 0.15) is 0 Å². The van der Waals surface area contributed by atoms with Crippen LogP contribution in [0.3, 0.4) is 0 Å². The predicted octanol–water partition coefficient (Wildman–Crippen LogP) is 11.1. The van der Waals surface area contributed by atoms with Crippen LogP contribution in [0.2, 0.25) is 0 Å². The Labute approximate surface area is 283 Å². The first-order chi connectivity index (χ1) is 24.3. The van der Waals surface area contributed by atoms with E-state index in [-0.39, 0.29) is 0 Å². The van der Waals surface area contributed by atoms with E-state index in [4.69, 9.17) is 9.97 Å². The molecule has 0 bridgehead atoms. The summed E-state index contributed by atoms with van der Waals surface area (Å²) >= 11 is 0. The van der Waals surface area contributed by atoms with E-state index >= 15 is 0 Å². The third-order valence-corrected chi connectivity index (χ3v) is 9.45. The topological polar surface area (TPSA) is 38.9 Å². The molecule has 0 saturated heterocycles. The van der Waals surface area contributed by atoms with Crippen molar-refractivity contribution in [3.8, 4) is 45.3 Å².